The first-order valence-corrected chi connectivity index (χ1v) is 10.8. The van der Waals surface area contributed by atoms with Crippen LogP contribution in [0, 0.1) is 5.92 Å². The number of halogens is 2. The highest BCUT2D eigenvalue weighted by atomic mass is 35.5. The van der Waals surface area contributed by atoms with Crippen molar-refractivity contribution in [1.29, 1.82) is 0 Å². The van der Waals surface area contributed by atoms with Gasteiger partial charge >= 0.3 is 5.97 Å². The molecule has 0 amide bonds. The van der Waals surface area contributed by atoms with E-state index >= 15 is 0 Å². The third kappa shape index (κ3) is 4.50. The Balaban J connectivity index is 2.18. The Morgan fingerprint density at radius 1 is 1.20 bits per heavy atom. The first-order valence-electron chi connectivity index (χ1n) is 10.1. The molecule has 0 bridgehead atoms. The Kier molecular flexibility index (Phi) is 7.10. The van der Waals surface area contributed by atoms with Crippen LogP contribution in [0.1, 0.15) is 27.2 Å². The normalized spacial score (nSPS) is 12.2. The molecule has 0 fully saturated rings. The molecule has 0 aliphatic heterocycles. The molecule has 3 rings (SSSR count). The van der Waals surface area contributed by atoms with E-state index in [0.29, 0.717) is 34.6 Å². The molecule has 1 atom stereocenters. The number of carbonyl (C=O) groups is 1. The maximum atomic E-state index is 11.8. The van der Waals surface area contributed by atoms with Crippen molar-refractivity contribution in [3.8, 4) is 0 Å². The van der Waals surface area contributed by atoms with Gasteiger partial charge in [-0.2, -0.15) is 0 Å². The molecule has 0 saturated carbocycles. The number of nitrogens with one attached hydrogen (secondary N) is 1. The molecule has 30 heavy (non-hydrogen) atoms. The van der Waals surface area contributed by atoms with Crippen molar-refractivity contribution in [1.82, 2.24) is 9.55 Å². The molecule has 6 nitrogen and oxygen atoms in total. The Labute approximate surface area is 186 Å². The van der Waals surface area contributed by atoms with Crippen LogP contribution in [0.3, 0.4) is 0 Å². The Hall–Kier alpha value is -2.44. The zero-order valence-electron chi connectivity index (χ0n) is 17.3. The van der Waals surface area contributed by atoms with Crippen LogP contribution in [-0.2, 0) is 11.3 Å². The number of carboxylic acids is 1. The van der Waals surface area contributed by atoms with Gasteiger partial charge in [0.05, 0.1) is 33.3 Å². The van der Waals surface area contributed by atoms with Crippen LogP contribution in [0.2, 0.25) is 10.0 Å². The van der Waals surface area contributed by atoms with Gasteiger partial charge in [0.2, 0.25) is 5.95 Å². The summed E-state index contributed by atoms with van der Waals surface area (Å²) in [6, 6.07) is 11.2. The number of fused-ring (bicyclic) bond motifs is 1. The average molecular weight is 449 g/mol. The van der Waals surface area contributed by atoms with Crippen molar-refractivity contribution < 1.29 is 9.90 Å². The van der Waals surface area contributed by atoms with E-state index in [-0.39, 0.29) is 0 Å². The number of aromatic nitrogens is 2. The average Bonchev–Trinajstić information content (AvgIpc) is 3.06. The number of imidazole rings is 1. The summed E-state index contributed by atoms with van der Waals surface area (Å²) in [5.41, 5.74) is 3.39. The van der Waals surface area contributed by atoms with Gasteiger partial charge in [0.1, 0.15) is 0 Å². The summed E-state index contributed by atoms with van der Waals surface area (Å²) in [5, 5.41) is 14.0. The lowest BCUT2D eigenvalue weighted by molar-refractivity contribution is -0.142. The highest BCUT2D eigenvalue weighted by Gasteiger charge is 2.23. The molecule has 0 aliphatic carbocycles. The summed E-state index contributed by atoms with van der Waals surface area (Å²) in [4.78, 5) is 18.8. The van der Waals surface area contributed by atoms with Gasteiger partial charge in [0.25, 0.3) is 0 Å². The largest absolute Gasteiger partial charge is 0.481 e. The van der Waals surface area contributed by atoms with Crippen LogP contribution in [0.15, 0.2) is 36.4 Å². The number of nitrogens with zero attached hydrogens (tertiary/aromatic N) is 3. The number of aliphatic carboxylic acids is 1. The van der Waals surface area contributed by atoms with Crippen LogP contribution in [0.4, 0.5) is 17.3 Å². The highest BCUT2D eigenvalue weighted by molar-refractivity contribution is 6.36. The molecule has 1 aromatic heterocycles. The van der Waals surface area contributed by atoms with Crippen molar-refractivity contribution in [2.75, 3.05) is 23.3 Å². The molecule has 0 aliphatic rings. The Morgan fingerprint density at radius 2 is 1.93 bits per heavy atom. The minimum Gasteiger partial charge on any atom is -0.481 e. The van der Waals surface area contributed by atoms with E-state index in [2.05, 4.69) is 24.1 Å². The van der Waals surface area contributed by atoms with Crippen molar-refractivity contribution in [2.24, 2.45) is 5.92 Å². The van der Waals surface area contributed by atoms with E-state index in [1.807, 2.05) is 29.7 Å². The second-order valence-corrected chi connectivity index (χ2v) is 7.90. The number of benzene rings is 2. The maximum Gasteiger partial charge on any atom is 0.308 e. The Bertz CT molecular complexity index is 1050. The number of hydrogen-bond acceptors (Lipinski definition) is 4. The molecule has 8 heteroatoms. The van der Waals surface area contributed by atoms with Crippen LogP contribution in [-0.4, -0.2) is 33.7 Å². The first-order chi connectivity index (χ1) is 14.4. The number of para-hydroxylation sites is 1. The lowest BCUT2D eigenvalue weighted by atomic mass is 10.1. The molecule has 1 unspecified atom stereocenters. The van der Waals surface area contributed by atoms with Crippen molar-refractivity contribution in [3.05, 3.63) is 46.4 Å². The third-order valence-corrected chi connectivity index (χ3v) is 5.82. The predicted molar refractivity (Wildman–Crippen MR) is 124 cm³/mol. The summed E-state index contributed by atoms with van der Waals surface area (Å²) < 4.78 is 1.95. The number of hydrogen-bond donors (Lipinski definition) is 2. The zero-order valence-corrected chi connectivity index (χ0v) is 18.8. The van der Waals surface area contributed by atoms with Crippen LogP contribution >= 0.6 is 23.2 Å². The summed E-state index contributed by atoms with van der Waals surface area (Å²) in [5.74, 6) is -0.808. The molecule has 3 aromatic rings. The van der Waals surface area contributed by atoms with E-state index in [1.54, 1.807) is 18.2 Å². The van der Waals surface area contributed by atoms with Crippen LogP contribution in [0.5, 0.6) is 0 Å². The molecule has 0 radical (unpaired) electrons. The minimum absolute atomic E-state index is 0.300. The van der Waals surface area contributed by atoms with Gasteiger partial charge in [-0.05, 0) is 50.6 Å². The van der Waals surface area contributed by atoms with E-state index in [9.17, 15) is 9.90 Å². The lowest BCUT2D eigenvalue weighted by Crippen LogP contribution is -2.24. The number of anilines is 3. The summed E-state index contributed by atoms with van der Waals surface area (Å²) in [7, 11) is 0. The van der Waals surface area contributed by atoms with E-state index in [1.165, 1.54) is 0 Å². The topological polar surface area (TPSA) is 70.4 Å². The van der Waals surface area contributed by atoms with Crippen molar-refractivity contribution in [3.63, 3.8) is 0 Å². The van der Waals surface area contributed by atoms with Gasteiger partial charge in [-0.1, -0.05) is 36.2 Å². The summed E-state index contributed by atoms with van der Waals surface area (Å²) >= 11 is 12.4. The third-order valence-electron chi connectivity index (χ3n) is 5.27. The fourth-order valence-electron chi connectivity index (χ4n) is 3.57. The number of rotatable bonds is 9. The quantitative estimate of drug-likeness (QED) is 0.417. The lowest BCUT2D eigenvalue weighted by Gasteiger charge is -2.24. The van der Waals surface area contributed by atoms with Gasteiger partial charge in [-0.15, -0.1) is 0 Å². The van der Waals surface area contributed by atoms with E-state index < -0.39 is 11.9 Å². The van der Waals surface area contributed by atoms with Crippen LogP contribution < -0.4 is 10.2 Å². The minimum atomic E-state index is -0.824. The standard InChI is InChI=1S/C22H26Cl2N4O2/c1-4-14(21(29)30)13-28-20-18(8-7-9-19(20)27(5-2)6-3)26-22(28)25-17-11-10-15(23)12-16(17)24/h7-12,14H,4-6,13H2,1-3H3,(H,25,26)(H,29,30). The van der Waals surface area contributed by atoms with Crippen molar-refractivity contribution in [2.45, 2.75) is 33.7 Å². The Morgan fingerprint density at radius 3 is 2.53 bits per heavy atom. The van der Waals surface area contributed by atoms with Gasteiger partial charge in [-0.3, -0.25) is 4.79 Å². The molecule has 1 heterocycles. The van der Waals surface area contributed by atoms with Crippen LogP contribution in [0.25, 0.3) is 11.0 Å². The van der Waals surface area contributed by atoms with Gasteiger partial charge in [0.15, 0.2) is 0 Å². The molecular formula is C22H26Cl2N4O2. The fourth-order valence-corrected chi connectivity index (χ4v) is 4.03. The monoisotopic (exact) mass is 448 g/mol. The smallest absolute Gasteiger partial charge is 0.308 e. The molecule has 0 spiro atoms. The summed E-state index contributed by atoms with van der Waals surface area (Å²) in [6.07, 6.45) is 0.517. The SMILES string of the molecule is CCC(Cn1c(Nc2ccc(Cl)cc2Cl)nc2cccc(N(CC)CC)c21)C(=O)O. The molecule has 2 N–H and O–H groups in total. The zero-order chi connectivity index (χ0) is 21.8. The molecule has 160 valence electrons. The van der Waals surface area contributed by atoms with E-state index in [4.69, 9.17) is 28.2 Å². The first kappa shape index (κ1) is 22.2. The van der Waals surface area contributed by atoms with Gasteiger partial charge < -0.3 is 19.9 Å². The summed E-state index contributed by atoms with van der Waals surface area (Å²) in [6.45, 7) is 8.05. The van der Waals surface area contributed by atoms with E-state index in [0.717, 1.165) is 29.8 Å². The maximum absolute atomic E-state index is 11.8. The second kappa shape index (κ2) is 9.58. The predicted octanol–water partition coefficient (Wildman–Crippen LogP) is 6.04. The second-order valence-electron chi connectivity index (χ2n) is 7.06. The van der Waals surface area contributed by atoms with Crippen molar-refractivity contribution >= 4 is 57.5 Å². The highest BCUT2D eigenvalue weighted by Crippen LogP contribution is 2.34. The van der Waals surface area contributed by atoms with Gasteiger partial charge in [-0.25, -0.2) is 4.98 Å². The molecule has 2 aromatic carbocycles. The molecular weight excluding hydrogens is 423 g/mol. The van der Waals surface area contributed by atoms with Gasteiger partial charge in [0, 0.05) is 24.7 Å². The number of carboxylic acid groups (broad SMARTS) is 1. The molecule has 0 saturated heterocycles. The fraction of sp³-hybridized carbons (Fsp3) is 0.364.